The van der Waals surface area contributed by atoms with E-state index in [9.17, 15) is 34.5 Å². The van der Waals surface area contributed by atoms with E-state index in [0.717, 1.165) is 0 Å². The molecule has 0 aromatic heterocycles. The van der Waals surface area contributed by atoms with Crippen molar-refractivity contribution < 1.29 is 44.2 Å². The van der Waals surface area contributed by atoms with E-state index in [-0.39, 0.29) is 64.3 Å². The van der Waals surface area contributed by atoms with E-state index in [1.807, 2.05) is 0 Å². The van der Waals surface area contributed by atoms with Crippen molar-refractivity contribution in [3.63, 3.8) is 0 Å². The van der Waals surface area contributed by atoms with Crippen LogP contribution in [0.4, 0.5) is 0 Å². The smallest absolute Gasteiger partial charge is 0.269 e. The number of amides is 2. The molecule has 2 aliphatic carbocycles. The SMILES string of the molecule is O=C(NCCC(O)CNC(=O)C1=NO[C@]2(C=C(Br)C(=O)[C@H](Br)[C@@H]2O)C1)C1=NO[C@]2(C=C(Br)C(=O)[C@H](Br)[C@@H]2O)C1. The third kappa shape index (κ3) is 5.94. The second-order valence-corrected chi connectivity index (χ2v) is 13.0. The molecule has 5 N–H and O–H groups in total. The minimum absolute atomic E-state index is 0.00798. The average molecular weight is 806 g/mol. The Balaban J connectivity index is 1.21. The fourth-order valence-corrected chi connectivity index (χ4v) is 7.58. The standard InChI is InChI=1S/C22H22Br4N4O9/c23-9-3-21(17(34)13(25)15(9)32)5-11(29-38-21)19(36)27-2-1-8(31)7-28-20(37)12-6-22(39-30-12)4-10(24)16(33)14(26)18(22)35/h3-4,8,13-14,17-18,31,34-35H,1-2,5-7H2,(H,27,36)(H,28,37)/t8?,13-,14-,17-,18-,21+,22+/m0/s1. The molecule has 0 saturated carbocycles. The molecule has 13 nitrogen and oxygen atoms in total. The highest BCUT2D eigenvalue weighted by Gasteiger charge is 2.54. The molecule has 0 saturated heterocycles. The molecule has 4 rings (SSSR count). The van der Waals surface area contributed by atoms with Crippen LogP contribution < -0.4 is 10.6 Å². The third-order valence-corrected chi connectivity index (χ3v) is 9.67. The number of hydrogen-bond donors (Lipinski definition) is 5. The van der Waals surface area contributed by atoms with Gasteiger partial charge in [0.1, 0.15) is 33.3 Å². The Hall–Kier alpha value is -1.50. The highest BCUT2D eigenvalue weighted by atomic mass is 79.9. The Morgan fingerprint density at radius 1 is 0.923 bits per heavy atom. The summed E-state index contributed by atoms with van der Waals surface area (Å²) < 4.78 is 0.389. The number of halogens is 4. The lowest BCUT2D eigenvalue weighted by molar-refractivity contribution is -0.125. The maximum absolute atomic E-state index is 12.5. The van der Waals surface area contributed by atoms with Crippen LogP contribution in [0.15, 0.2) is 31.4 Å². The number of Topliss-reactive ketones (excluding diaryl/α,β-unsaturated/α-hetero) is 2. The molecule has 39 heavy (non-hydrogen) atoms. The van der Waals surface area contributed by atoms with Gasteiger partial charge in [0, 0.05) is 25.9 Å². The molecule has 0 fully saturated rings. The van der Waals surface area contributed by atoms with Crippen LogP contribution in [0.5, 0.6) is 0 Å². The summed E-state index contributed by atoms with van der Waals surface area (Å²) in [5.74, 6) is -1.91. The van der Waals surface area contributed by atoms with E-state index in [0.29, 0.717) is 0 Å². The number of ketones is 2. The topological polar surface area (TPSA) is 196 Å². The molecule has 212 valence electrons. The Labute approximate surface area is 255 Å². The summed E-state index contributed by atoms with van der Waals surface area (Å²) in [7, 11) is 0. The summed E-state index contributed by atoms with van der Waals surface area (Å²) in [6.07, 6.45) is -0.866. The van der Waals surface area contributed by atoms with Gasteiger partial charge in [-0.05, 0) is 50.4 Å². The molecular formula is C22H22Br4N4O9. The van der Waals surface area contributed by atoms with Crippen molar-refractivity contribution in [3.05, 3.63) is 21.1 Å². The van der Waals surface area contributed by atoms with Gasteiger partial charge in [-0.1, -0.05) is 42.2 Å². The van der Waals surface area contributed by atoms with Gasteiger partial charge in [-0.15, -0.1) is 0 Å². The third-order valence-electron chi connectivity index (χ3n) is 6.59. The number of carbonyl (C=O) groups is 4. The molecule has 2 heterocycles. The summed E-state index contributed by atoms with van der Waals surface area (Å²) in [4.78, 5) is 57.9. The Morgan fingerprint density at radius 3 is 1.82 bits per heavy atom. The van der Waals surface area contributed by atoms with Crippen LogP contribution in [0.1, 0.15) is 19.3 Å². The summed E-state index contributed by atoms with van der Waals surface area (Å²) >= 11 is 12.5. The fourth-order valence-electron chi connectivity index (χ4n) is 4.30. The lowest BCUT2D eigenvalue weighted by Gasteiger charge is -2.34. The van der Waals surface area contributed by atoms with Crippen LogP contribution in [0.25, 0.3) is 0 Å². The van der Waals surface area contributed by atoms with Crippen molar-refractivity contribution >= 4 is 98.5 Å². The van der Waals surface area contributed by atoms with E-state index in [4.69, 9.17) is 9.68 Å². The summed E-state index contributed by atoms with van der Waals surface area (Å²) in [5.41, 5.74) is -2.76. The van der Waals surface area contributed by atoms with Crippen LogP contribution in [0.2, 0.25) is 0 Å². The van der Waals surface area contributed by atoms with Crippen LogP contribution in [0.3, 0.4) is 0 Å². The number of nitrogens with one attached hydrogen (secondary N) is 2. The first kappa shape index (κ1) is 30.5. The highest BCUT2D eigenvalue weighted by Crippen LogP contribution is 2.41. The lowest BCUT2D eigenvalue weighted by atomic mass is 9.83. The Bertz CT molecular complexity index is 1220. The van der Waals surface area contributed by atoms with Crippen LogP contribution in [0, 0.1) is 0 Å². The van der Waals surface area contributed by atoms with E-state index in [1.54, 1.807) is 0 Å². The second-order valence-electron chi connectivity index (χ2n) is 9.34. The van der Waals surface area contributed by atoms with Crippen molar-refractivity contribution in [1.82, 2.24) is 10.6 Å². The molecule has 2 amide bonds. The summed E-state index contributed by atoms with van der Waals surface area (Å²) in [6, 6.07) is 0. The van der Waals surface area contributed by atoms with Gasteiger partial charge < -0.3 is 35.6 Å². The first-order valence-electron chi connectivity index (χ1n) is 11.5. The van der Waals surface area contributed by atoms with Crippen molar-refractivity contribution in [3.8, 4) is 0 Å². The van der Waals surface area contributed by atoms with Gasteiger partial charge in [0.25, 0.3) is 11.8 Å². The zero-order chi connectivity index (χ0) is 28.7. The number of alkyl halides is 2. The van der Waals surface area contributed by atoms with Gasteiger partial charge in [-0.3, -0.25) is 19.2 Å². The largest absolute Gasteiger partial charge is 0.391 e. The number of allylic oxidation sites excluding steroid dienone is 2. The molecule has 7 atom stereocenters. The van der Waals surface area contributed by atoms with Crippen LogP contribution >= 0.6 is 63.7 Å². The number of hydrogen-bond acceptors (Lipinski definition) is 11. The molecule has 0 aromatic carbocycles. The van der Waals surface area contributed by atoms with Crippen molar-refractivity contribution in [2.45, 2.75) is 58.4 Å². The number of rotatable bonds is 7. The Morgan fingerprint density at radius 2 is 1.36 bits per heavy atom. The maximum atomic E-state index is 12.5. The molecule has 0 radical (unpaired) electrons. The number of aliphatic hydroxyl groups excluding tert-OH is 3. The molecule has 17 heteroatoms. The molecule has 1 unspecified atom stereocenters. The minimum Gasteiger partial charge on any atom is -0.391 e. The molecular weight excluding hydrogens is 784 g/mol. The van der Waals surface area contributed by atoms with Gasteiger partial charge in [0.05, 0.1) is 15.1 Å². The normalized spacial score (nSPS) is 34.5. The highest BCUT2D eigenvalue weighted by molar-refractivity contribution is 9.12. The monoisotopic (exact) mass is 802 g/mol. The van der Waals surface area contributed by atoms with Gasteiger partial charge in [0.15, 0.2) is 22.8 Å². The molecule has 4 aliphatic rings. The van der Waals surface area contributed by atoms with Crippen LogP contribution in [-0.4, -0.2) is 102 Å². The first-order valence-corrected chi connectivity index (χ1v) is 15.0. The zero-order valence-electron chi connectivity index (χ0n) is 19.8. The first-order chi connectivity index (χ1) is 18.3. The number of aliphatic hydroxyl groups is 3. The van der Waals surface area contributed by atoms with E-state index >= 15 is 0 Å². The van der Waals surface area contributed by atoms with Gasteiger partial charge in [-0.2, -0.15) is 0 Å². The molecule has 2 aliphatic heterocycles. The minimum atomic E-state index is -1.38. The van der Waals surface area contributed by atoms with Crippen molar-refractivity contribution in [1.29, 1.82) is 0 Å². The predicted octanol–water partition coefficient (Wildman–Crippen LogP) is -0.0282. The number of carbonyl (C=O) groups excluding carboxylic acids is 4. The van der Waals surface area contributed by atoms with Gasteiger partial charge in [0.2, 0.25) is 0 Å². The lowest BCUT2D eigenvalue weighted by Crippen LogP contribution is -2.52. The van der Waals surface area contributed by atoms with Crippen LogP contribution in [-0.2, 0) is 28.9 Å². The predicted molar refractivity (Wildman–Crippen MR) is 150 cm³/mol. The number of nitrogens with zero attached hydrogens (tertiary/aromatic N) is 2. The quantitative estimate of drug-likeness (QED) is 0.220. The second kappa shape index (κ2) is 11.8. The molecule has 2 spiro atoms. The van der Waals surface area contributed by atoms with Crippen molar-refractivity contribution in [2.75, 3.05) is 13.1 Å². The van der Waals surface area contributed by atoms with E-state index in [1.165, 1.54) is 12.2 Å². The Kier molecular flexibility index (Phi) is 9.20. The van der Waals surface area contributed by atoms with E-state index < -0.39 is 51.0 Å². The fraction of sp³-hybridized carbons (Fsp3) is 0.545. The molecule has 0 bridgehead atoms. The average Bonchev–Trinajstić information content (AvgIpc) is 3.53. The summed E-state index contributed by atoms with van der Waals surface area (Å²) in [6.45, 7) is -0.108. The van der Waals surface area contributed by atoms with Crippen molar-refractivity contribution in [2.24, 2.45) is 10.3 Å². The van der Waals surface area contributed by atoms with E-state index in [2.05, 4.69) is 84.7 Å². The zero-order valence-corrected chi connectivity index (χ0v) is 26.1. The maximum Gasteiger partial charge on any atom is 0.269 e. The molecule has 0 aromatic rings. The summed E-state index contributed by atoms with van der Waals surface area (Å²) in [5, 5.41) is 43.9. The number of oxime groups is 2. The van der Waals surface area contributed by atoms with Gasteiger partial charge in [-0.25, -0.2) is 0 Å². The van der Waals surface area contributed by atoms with Gasteiger partial charge >= 0.3 is 0 Å².